The van der Waals surface area contributed by atoms with Crippen molar-refractivity contribution in [1.82, 2.24) is 0 Å². The molecule has 0 aliphatic carbocycles. The van der Waals surface area contributed by atoms with Gasteiger partial charge in [-0.15, -0.1) is 0 Å². The minimum Gasteiger partial charge on any atom is -0.462 e. The third kappa shape index (κ3) is 3.55. The molecule has 0 aromatic heterocycles. The molecule has 3 nitrogen and oxygen atoms in total. The molecule has 0 aliphatic rings. The van der Waals surface area contributed by atoms with Crippen LogP contribution in [0.25, 0.3) is 10.8 Å². The molecule has 0 spiro atoms. The molecule has 2 aromatic carbocycles. The van der Waals surface area contributed by atoms with Crippen LogP contribution in [-0.4, -0.2) is 18.1 Å². The highest BCUT2D eigenvalue weighted by molar-refractivity contribution is 5.83. The maximum Gasteiger partial charge on any atom is 0.323 e. The summed E-state index contributed by atoms with van der Waals surface area (Å²) in [5.41, 5.74) is 6.92. The Morgan fingerprint density at radius 1 is 1.16 bits per heavy atom. The molecule has 0 bridgehead atoms. The number of fused-ring (bicyclic) bond motifs is 1. The van der Waals surface area contributed by atoms with Crippen molar-refractivity contribution in [2.45, 2.75) is 32.4 Å². The average molecular weight is 257 g/mol. The number of carbonyl (C=O) groups is 1. The Kier molecular flexibility index (Phi) is 4.17. The van der Waals surface area contributed by atoms with Gasteiger partial charge in [0.05, 0.1) is 6.10 Å². The Balaban J connectivity index is 2.10. The summed E-state index contributed by atoms with van der Waals surface area (Å²) in [5.74, 6) is -0.344. The van der Waals surface area contributed by atoms with Crippen LogP contribution in [0.5, 0.6) is 0 Å². The SMILES string of the molecule is CC(C)OC(=O)C(N)Cc1ccc2ccccc2c1. The molecule has 1 atom stereocenters. The lowest BCUT2D eigenvalue weighted by atomic mass is 10.0. The Morgan fingerprint density at radius 2 is 1.84 bits per heavy atom. The Bertz CT molecular complexity index is 578. The van der Waals surface area contributed by atoms with E-state index in [1.165, 1.54) is 5.39 Å². The van der Waals surface area contributed by atoms with Crippen molar-refractivity contribution in [1.29, 1.82) is 0 Å². The van der Waals surface area contributed by atoms with Crippen LogP contribution in [-0.2, 0) is 16.0 Å². The third-order valence-corrected chi connectivity index (χ3v) is 2.92. The monoisotopic (exact) mass is 257 g/mol. The number of benzene rings is 2. The maximum absolute atomic E-state index is 11.7. The predicted octanol–water partition coefficient (Wildman–Crippen LogP) is 2.66. The van der Waals surface area contributed by atoms with E-state index in [4.69, 9.17) is 10.5 Å². The van der Waals surface area contributed by atoms with E-state index in [1.54, 1.807) is 0 Å². The molecule has 0 aliphatic heterocycles. The number of carbonyl (C=O) groups excluding carboxylic acids is 1. The first kappa shape index (κ1) is 13.6. The Morgan fingerprint density at radius 3 is 2.53 bits per heavy atom. The first-order valence-corrected chi connectivity index (χ1v) is 6.50. The van der Waals surface area contributed by atoms with Gasteiger partial charge in [-0.2, -0.15) is 0 Å². The van der Waals surface area contributed by atoms with Gasteiger partial charge in [0.15, 0.2) is 0 Å². The molecule has 2 aromatic rings. The van der Waals surface area contributed by atoms with Gasteiger partial charge in [0.2, 0.25) is 0 Å². The molecule has 0 radical (unpaired) electrons. The van der Waals surface area contributed by atoms with Crippen LogP contribution in [0.2, 0.25) is 0 Å². The van der Waals surface area contributed by atoms with E-state index < -0.39 is 6.04 Å². The molecular weight excluding hydrogens is 238 g/mol. The van der Waals surface area contributed by atoms with E-state index in [0.29, 0.717) is 6.42 Å². The van der Waals surface area contributed by atoms with Crippen LogP contribution in [0.1, 0.15) is 19.4 Å². The summed E-state index contributed by atoms with van der Waals surface area (Å²) >= 11 is 0. The van der Waals surface area contributed by atoms with Crippen LogP contribution in [0.3, 0.4) is 0 Å². The molecule has 0 amide bonds. The summed E-state index contributed by atoms with van der Waals surface area (Å²) < 4.78 is 5.11. The molecule has 2 N–H and O–H groups in total. The fraction of sp³-hybridized carbons (Fsp3) is 0.312. The van der Waals surface area contributed by atoms with Crippen molar-refractivity contribution in [3.63, 3.8) is 0 Å². The zero-order valence-electron chi connectivity index (χ0n) is 11.3. The van der Waals surface area contributed by atoms with E-state index in [9.17, 15) is 4.79 Å². The molecule has 2 rings (SSSR count). The number of rotatable bonds is 4. The van der Waals surface area contributed by atoms with Crippen LogP contribution >= 0.6 is 0 Å². The van der Waals surface area contributed by atoms with E-state index >= 15 is 0 Å². The van der Waals surface area contributed by atoms with Crippen LogP contribution in [0.15, 0.2) is 42.5 Å². The second-order valence-corrected chi connectivity index (χ2v) is 4.98. The highest BCUT2D eigenvalue weighted by atomic mass is 16.5. The van der Waals surface area contributed by atoms with Gasteiger partial charge in [0.25, 0.3) is 0 Å². The normalized spacial score (nSPS) is 12.6. The van der Waals surface area contributed by atoms with Crippen molar-refractivity contribution >= 4 is 16.7 Å². The number of hydrogen-bond donors (Lipinski definition) is 1. The summed E-state index contributed by atoms with van der Waals surface area (Å²) in [6, 6.07) is 13.6. The summed E-state index contributed by atoms with van der Waals surface area (Å²) in [6.45, 7) is 3.64. The second kappa shape index (κ2) is 5.85. The molecule has 0 saturated heterocycles. The largest absolute Gasteiger partial charge is 0.462 e. The topological polar surface area (TPSA) is 52.3 Å². The van der Waals surface area contributed by atoms with Crippen molar-refractivity contribution < 1.29 is 9.53 Å². The minimum atomic E-state index is -0.608. The summed E-state index contributed by atoms with van der Waals surface area (Å²) in [5, 5.41) is 2.34. The number of ether oxygens (including phenoxy) is 1. The molecule has 0 saturated carbocycles. The number of nitrogens with two attached hydrogens (primary N) is 1. The zero-order chi connectivity index (χ0) is 13.8. The average Bonchev–Trinajstić information content (AvgIpc) is 2.37. The Labute approximate surface area is 113 Å². The predicted molar refractivity (Wildman–Crippen MR) is 76.9 cm³/mol. The number of esters is 1. The number of hydrogen-bond acceptors (Lipinski definition) is 3. The first-order chi connectivity index (χ1) is 9.06. The zero-order valence-corrected chi connectivity index (χ0v) is 11.3. The standard InChI is InChI=1S/C16H19NO2/c1-11(2)19-16(18)15(17)10-12-7-8-13-5-3-4-6-14(13)9-12/h3-9,11,15H,10,17H2,1-2H3. The van der Waals surface area contributed by atoms with Gasteiger partial charge < -0.3 is 10.5 Å². The van der Waals surface area contributed by atoms with Gasteiger partial charge >= 0.3 is 5.97 Å². The molecule has 0 fully saturated rings. The van der Waals surface area contributed by atoms with Crippen LogP contribution in [0, 0.1) is 0 Å². The van der Waals surface area contributed by atoms with Gasteiger partial charge in [-0.3, -0.25) is 4.79 Å². The van der Waals surface area contributed by atoms with Crippen LogP contribution < -0.4 is 5.73 Å². The lowest BCUT2D eigenvalue weighted by Gasteiger charge is -2.14. The van der Waals surface area contributed by atoms with Gasteiger partial charge in [0.1, 0.15) is 6.04 Å². The Hall–Kier alpha value is -1.87. The first-order valence-electron chi connectivity index (χ1n) is 6.50. The minimum absolute atomic E-state index is 0.129. The molecule has 1 unspecified atom stereocenters. The highest BCUT2D eigenvalue weighted by Crippen LogP contribution is 2.16. The van der Waals surface area contributed by atoms with E-state index in [0.717, 1.165) is 10.9 Å². The summed E-state index contributed by atoms with van der Waals surface area (Å²) in [4.78, 5) is 11.7. The van der Waals surface area contributed by atoms with Crippen molar-refractivity contribution in [2.75, 3.05) is 0 Å². The summed E-state index contributed by atoms with van der Waals surface area (Å²) in [7, 11) is 0. The van der Waals surface area contributed by atoms with E-state index in [-0.39, 0.29) is 12.1 Å². The van der Waals surface area contributed by atoms with Gasteiger partial charge in [-0.1, -0.05) is 42.5 Å². The van der Waals surface area contributed by atoms with Gasteiger partial charge in [-0.25, -0.2) is 0 Å². The summed E-state index contributed by atoms with van der Waals surface area (Å²) in [6.07, 6.45) is 0.367. The quantitative estimate of drug-likeness (QED) is 0.857. The van der Waals surface area contributed by atoms with Crippen molar-refractivity contribution in [3.8, 4) is 0 Å². The second-order valence-electron chi connectivity index (χ2n) is 4.98. The van der Waals surface area contributed by atoms with E-state index in [1.807, 2.05) is 38.1 Å². The van der Waals surface area contributed by atoms with Gasteiger partial charge in [-0.05, 0) is 36.6 Å². The highest BCUT2D eigenvalue weighted by Gasteiger charge is 2.16. The van der Waals surface area contributed by atoms with Crippen molar-refractivity contribution in [2.24, 2.45) is 5.73 Å². The fourth-order valence-electron chi connectivity index (χ4n) is 2.02. The van der Waals surface area contributed by atoms with Crippen molar-refractivity contribution in [3.05, 3.63) is 48.0 Å². The molecule has 19 heavy (non-hydrogen) atoms. The lowest BCUT2D eigenvalue weighted by molar-refractivity contribution is -0.148. The van der Waals surface area contributed by atoms with Crippen LogP contribution in [0.4, 0.5) is 0 Å². The lowest BCUT2D eigenvalue weighted by Crippen LogP contribution is -2.35. The molecule has 0 heterocycles. The third-order valence-electron chi connectivity index (χ3n) is 2.92. The maximum atomic E-state index is 11.7. The van der Waals surface area contributed by atoms with E-state index in [2.05, 4.69) is 18.2 Å². The smallest absolute Gasteiger partial charge is 0.323 e. The molecular formula is C16H19NO2. The van der Waals surface area contributed by atoms with Gasteiger partial charge in [0, 0.05) is 0 Å². The molecule has 100 valence electrons. The molecule has 3 heteroatoms. The fourth-order valence-corrected chi connectivity index (χ4v) is 2.02.